The summed E-state index contributed by atoms with van der Waals surface area (Å²) in [6.07, 6.45) is 0. The second-order valence-electron chi connectivity index (χ2n) is 4.28. The Morgan fingerprint density at radius 1 is 1.41 bits per heavy atom. The van der Waals surface area contributed by atoms with Crippen molar-refractivity contribution in [2.45, 2.75) is 24.3 Å². The highest BCUT2D eigenvalue weighted by Gasteiger charge is 2.20. The molecule has 94 valence electrons. The molecule has 0 atom stereocenters. The number of rotatable bonds is 5. The van der Waals surface area contributed by atoms with Crippen LogP contribution in [0.25, 0.3) is 0 Å². The van der Waals surface area contributed by atoms with E-state index < -0.39 is 5.54 Å². The second kappa shape index (κ2) is 6.28. The molecule has 0 saturated carbocycles. The Bertz CT molecular complexity index is 373. The average molecular weight is 273 g/mol. The summed E-state index contributed by atoms with van der Waals surface area (Å²) in [6, 6.07) is 7.63. The molecule has 1 aromatic carbocycles. The third-order valence-electron chi connectivity index (χ3n) is 2.06. The van der Waals surface area contributed by atoms with Crippen LogP contribution in [0.5, 0.6) is 0 Å². The molecule has 0 unspecified atom stereocenters. The molecule has 17 heavy (non-hydrogen) atoms. The molecule has 1 amide bonds. The van der Waals surface area contributed by atoms with E-state index in [4.69, 9.17) is 17.3 Å². The zero-order valence-corrected chi connectivity index (χ0v) is 11.6. The van der Waals surface area contributed by atoms with E-state index in [-0.39, 0.29) is 5.91 Å². The van der Waals surface area contributed by atoms with Crippen LogP contribution >= 0.6 is 23.4 Å². The summed E-state index contributed by atoms with van der Waals surface area (Å²) >= 11 is 7.45. The lowest BCUT2D eigenvalue weighted by Crippen LogP contribution is -2.49. The summed E-state index contributed by atoms with van der Waals surface area (Å²) in [7, 11) is 0. The van der Waals surface area contributed by atoms with E-state index in [9.17, 15) is 4.79 Å². The van der Waals surface area contributed by atoms with Gasteiger partial charge in [0.25, 0.3) is 0 Å². The zero-order valence-electron chi connectivity index (χ0n) is 10.00. The fourth-order valence-electron chi connectivity index (χ4n) is 1.09. The number of hydrogen-bond acceptors (Lipinski definition) is 3. The molecule has 3 N–H and O–H groups in total. The molecule has 0 radical (unpaired) electrons. The Hall–Kier alpha value is -0.710. The molecule has 1 rings (SSSR count). The van der Waals surface area contributed by atoms with Crippen LogP contribution in [-0.4, -0.2) is 23.7 Å². The minimum atomic E-state index is -0.815. The van der Waals surface area contributed by atoms with Gasteiger partial charge in [0.15, 0.2) is 0 Å². The monoisotopic (exact) mass is 272 g/mol. The molecule has 0 heterocycles. The molecule has 3 nitrogen and oxygen atoms in total. The first-order chi connectivity index (χ1) is 7.89. The molecule has 1 aromatic rings. The van der Waals surface area contributed by atoms with Crippen LogP contribution in [-0.2, 0) is 4.79 Å². The molecule has 0 fully saturated rings. The van der Waals surface area contributed by atoms with Crippen molar-refractivity contribution in [1.29, 1.82) is 0 Å². The number of thioether (sulfide) groups is 1. The summed E-state index contributed by atoms with van der Waals surface area (Å²) in [4.78, 5) is 12.6. The van der Waals surface area contributed by atoms with E-state index in [1.807, 2.05) is 24.3 Å². The Balaban J connectivity index is 2.25. The second-order valence-corrected chi connectivity index (χ2v) is 5.88. The highest BCUT2D eigenvalue weighted by molar-refractivity contribution is 7.99. The number of carbonyl (C=O) groups is 1. The molecule has 0 aromatic heterocycles. The van der Waals surface area contributed by atoms with Crippen molar-refractivity contribution < 1.29 is 4.79 Å². The standard InChI is InChI=1S/C12H17ClN2OS/c1-12(2,14)11(16)15-7-8-17-10-5-3-9(13)4-6-10/h3-6H,7-8,14H2,1-2H3,(H,15,16). The van der Waals surface area contributed by atoms with Crippen molar-refractivity contribution in [2.75, 3.05) is 12.3 Å². The fraction of sp³-hybridized carbons (Fsp3) is 0.417. The van der Waals surface area contributed by atoms with Gasteiger partial charge in [0.2, 0.25) is 5.91 Å². The van der Waals surface area contributed by atoms with Crippen molar-refractivity contribution in [3.63, 3.8) is 0 Å². The lowest BCUT2D eigenvalue weighted by atomic mass is 10.1. The van der Waals surface area contributed by atoms with E-state index in [1.54, 1.807) is 25.6 Å². The van der Waals surface area contributed by atoms with Crippen molar-refractivity contribution >= 4 is 29.3 Å². The van der Waals surface area contributed by atoms with Gasteiger partial charge in [-0.05, 0) is 38.1 Å². The van der Waals surface area contributed by atoms with Crippen molar-refractivity contribution in [3.05, 3.63) is 29.3 Å². The van der Waals surface area contributed by atoms with Gasteiger partial charge in [0, 0.05) is 22.2 Å². The Labute approximate surface area is 111 Å². The molecule has 0 aliphatic rings. The van der Waals surface area contributed by atoms with Crippen LogP contribution in [0.4, 0.5) is 0 Å². The topological polar surface area (TPSA) is 55.1 Å². The smallest absolute Gasteiger partial charge is 0.239 e. The summed E-state index contributed by atoms with van der Waals surface area (Å²) in [5.41, 5.74) is 4.84. The summed E-state index contributed by atoms with van der Waals surface area (Å²) in [5.74, 6) is 0.679. The average Bonchev–Trinajstić information content (AvgIpc) is 2.25. The fourth-order valence-corrected chi connectivity index (χ4v) is 1.99. The maximum Gasteiger partial charge on any atom is 0.239 e. The van der Waals surface area contributed by atoms with Gasteiger partial charge in [0.1, 0.15) is 0 Å². The molecule has 0 aliphatic heterocycles. The SMILES string of the molecule is CC(C)(N)C(=O)NCCSc1ccc(Cl)cc1. The van der Waals surface area contributed by atoms with Crippen LogP contribution in [0.1, 0.15) is 13.8 Å². The van der Waals surface area contributed by atoms with E-state index in [2.05, 4.69) is 5.32 Å². The Morgan fingerprint density at radius 2 is 2.00 bits per heavy atom. The van der Waals surface area contributed by atoms with Crippen LogP contribution < -0.4 is 11.1 Å². The minimum absolute atomic E-state index is 0.130. The molecule has 0 saturated heterocycles. The van der Waals surface area contributed by atoms with E-state index in [0.717, 1.165) is 15.7 Å². The number of halogens is 1. The Kier molecular flexibility index (Phi) is 5.31. The maximum absolute atomic E-state index is 11.5. The number of amides is 1. The van der Waals surface area contributed by atoms with Gasteiger partial charge in [-0.3, -0.25) is 4.79 Å². The predicted octanol–water partition coefficient (Wildman–Crippen LogP) is 2.29. The van der Waals surface area contributed by atoms with Gasteiger partial charge in [-0.25, -0.2) is 0 Å². The molecular formula is C12H17ClN2OS. The van der Waals surface area contributed by atoms with Gasteiger partial charge >= 0.3 is 0 Å². The molecule has 0 bridgehead atoms. The predicted molar refractivity (Wildman–Crippen MR) is 73.5 cm³/mol. The van der Waals surface area contributed by atoms with Crippen LogP contribution in [0.2, 0.25) is 5.02 Å². The van der Waals surface area contributed by atoms with Crippen LogP contribution in [0.15, 0.2) is 29.2 Å². The largest absolute Gasteiger partial charge is 0.354 e. The summed E-state index contributed by atoms with van der Waals surface area (Å²) < 4.78 is 0. The first-order valence-electron chi connectivity index (χ1n) is 5.35. The van der Waals surface area contributed by atoms with E-state index in [1.165, 1.54) is 0 Å². The number of carbonyl (C=O) groups excluding carboxylic acids is 1. The third kappa shape index (κ3) is 5.44. The molecule has 0 aliphatic carbocycles. The molecular weight excluding hydrogens is 256 g/mol. The van der Waals surface area contributed by atoms with Gasteiger partial charge in [-0.1, -0.05) is 11.6 Å². The van der Waals surface area contributed by atoms with Crippen molar-refractivity contribution in [3.8, 4) is 0 Å². The first-order valence-corrected chi connectivity index (χ1v) is 6.71. The lowest BCUT2D eigenvalue weighted by Gasteiger charge is -2.17. The van der Waals surface area contributed by atoms with Gasteiger partial charge in [-0.2, -0.15) is 0 Å². The number of nitrogens with one attached hydrogen (secondary N) is 1. The van der Waals surface area contributed by atoms with Gasteiger partial charge in [-0.15, -0.1) is 11.8 Å². The van der Waals surface area contributed by atoms with Crippen LogP contribution in [0, 0.1) is 0 Å². The maximum atomic E-state index is 11.5. The van der Waals surface area contributed by atoms with Crippen LogP contribution in [0.3, 0.4) is 0 Å². The van der Waals surface area contributed by atoms with Crippen molar-refractivity contribution in [2.24, 2.45) is 5.73 Å². The van der Waals surface area contributed by atoms with E-state index >= 15 is 0 Å². The molecule has 5 heteroatoms. The van der Waals surface area contributed by atoms with Gasteiger partial charge in [0.05, 0.1) is 5.54 Å². The van der Waals surface area contributed by atoms with E-state index in [0.29, 0.717) is 6.54 Å². The third-order valence-corrected chi connectivity index (χ3v) is 3.32. The Morgan fingerprint density at radius 3 is 2.53 bits per heavy atom. The van der Waals surface area contributed by atoms with Gasteiger partial charge < -0.3 is 11.1 Å². The molecule has 0 spiro atoms. The number of nitrogens with two attached hydrogens (primary N) is 1. The highest BCUT2D eigenvalue weighted by Crippen LogP contribution is 2.19. The van der Waals surface area contributed by atoms with Crippen molar-refractivity contribution in [1.82, 2.24) is 5.32 Å². The quantitative estimate of drug-likeness (QED) is 0.639. The highest BCUT2D eigenvalue weighted by atomic mass is 35.5. The normalized spacial score (nSPS) is 11.3. The lowest BCUT2D eigenvalue weighted by molar-refractivity contribution is -0.125. The first kappa shape index (κ1) is 14.4. The number of benzene rings is 1. The number of hydrogen-bond donors (Lipinski definition) is 2. The summed E-state index contributed by atoms with van der Waals surface area (Å²) in [5, 5.41) is 3.52. The zero-order chi connectivity index (χ0) is 12.9. The summed E-state index contributed by atoms with van der Waals surface area (Å²) in [6.45, 7) is 3.98. The minimum Gasteiger partial charge on any atom is -0.354 e.